The van der Waals surface area contributed by atoms with Crippen LogP contribution in [-0.2, 0) is 12.2 Å². The van der Waals surface area contributed by atoms with Crippen LogP contribution in [0.25, 0.3) is 0 Å². The number of rotatable bonds is 5. The summed E-state index contributed by atoms with van der Waals surface area (Å²) in [5.74, 6) is 1.85. The van der Waals surface area contributed by atoms with E-state index in [4.69, 9.17) is 0 Å². The van der Waals surface area contributed by atoms with E-state index >= 15 is 0 Å². The molecule has 3 rings (SSSR count). The zero-order valence-electron chi connectivity index (χ0n) is 11.2. The maximum Gasteiger partial charge on any atom is 0.208 e. The molecule has 0 unspecified atom stereocenters. The molecule has 0 saturated carbocycles. The summed E-state index contributed by atoms with van der Waals surface area (Å²) in [7, 11) is 0. The lowest BCUT2D eigenvalue weighted by Gasteiger charge is -1.98. The van der Waals surface area contributed by atoms with Gasteiger partial charge in [-0.3, -0.25) is 5.10 Å². The zero-order valence-corrected chi connectivity index (χ0v) is 12.8. The largest absolute Gasteiger partial charge is 0.262 e. The number of nitrogens with one attached hydrogen (secondary N) is 1. The van der Waals surface area contributed by atoms with Crippen molar-refractivity contribution < 1.29 is 0 Å². The molecule has 2 heterocycles. The summed E-state index contributed by atoms with van der Waals surface area (Å²) < 4.78 is 0. The van der Waals surface area contributed by atoms with Gasteiger partial charge < -0.3 is 0 Å². The molecule has 1 aromatic carbocycles. The standard InChI is InChI=1S/C15H15N3S2/c1-11-4-2-5-12(8-11)9-14-16-15(18-17-14)20-10-13-6-3-7-19-13/h2-8H,9-10H2,1H3,(H,16,17,18). The number of aryl methyl sites for hydroxylation is 1. The molecule has 1 N–H and O–H groups in total. The van der Waals surface area contributed by atoms with Gasteiger partial charge >= 0.3 is 0 Å². The number of H-pyrrole nitrogens is 1. The summed E-state index contributed by atoms with van der Waals surface area (Å²) in [6.45, 7) is 2.10. The first-order chi connectivity index (χ1) is 9.79. The molecule has 0 atom stereocenters. The van der Waals surface area contributed by atoms with Gasteiger partial charge in [0.1, 0.15) is 5.82 Å². The van der Waals surface area contributed by atoms with Crippen LogP contribution in [0.4, 0.5) is 0 Å². The lowest BCUT2D eigenvalue weighted by Crippen LogP contribution is -1.91. The summed E-state index contributed by atoms with van der Waals surface area (Å²) in [5.41, 5.74) is 2.53. The van der Waals surface area contributed by atoms with Crippen LogP contribution in [0.1, 0.15) is 21.8 Å². The van der Waals surface area contributed by atoms with Crippen LogP contribution >= 0.6 is 23.1 Å². The van der Waals surface area contributed by atoms with Crippen molar-refractivity contribution >= 4 is 23.1 Å². The lowest BCUT2D eigenvalue weighted by atomic mass is 10.1. The van der Waals surface area contributed by atoms with Crippen molar-refractivity contribution in [2.24, 2.45) is 0 Å². The number of nitrogens with zero attached hydrogens (tertiary/aromatic N) is 2. The van der Waals surface area contributed by atoms with Gasteiger partial charge in [-0.1, -0.05) is 47.7 Å². The van der Waals surface area contributed by atoms with Gasteiger partial charge in [0.25, 0.3) is 0 Å². The fraction of sp³-hybridized carbons (Fsp3) is 0.200. The summed E-state index contributed by atoms with van der Waals surface area (Å²) >= 11 is 3.44. The first kappa shape index (κ1) is 13.4. The number of hydrogen-bond acceptors (Lipinski definition) is 4. The van der Waals surface area contributed by atoms with Crippen LogP contribution < -0.4 is 0 Å². The van der Waals surface area contributed by atoms with Gasteiger partial charge in [0.05, 0.1) is 0 Å². The second kappa shape index (κ2) is 6.24. The molecule has 0 aliphatic carbocycles. The maximum atomic E-state index is 4.54. The molecule has 20 heavy (non-hydrogen) atoms. The van der Waals surface area contributed by atoms with Crippen molar-refractivity contribution in [1.29, 1.82) is 0 Å². The molecule has 0 fully saturated rings. The lowest BCUT2D eigenvalue weighted by molar-refractivity contribution is 0.956. The molecule has 0 spiro atoms. The minimum Gasteiger partial charge on any atom is -0.262 e. The highest BCUT2D eigenvalue weighted by Crippen LogP contribution is 2.22. The van der Waals surface area contributed by atoms with E-state index in [9.17, 15) is 0 Å². The van der Waals surface area contributed by atoms with Gasteiger partial charge in [0, 0.05) is 17.1 Å². The van der Waals surface area contributed by atoms with Gasteiger partial charge in [-0.15, -0.1) is 16.4 Å². The van der Waals surface area contributed by atoms with Crippen molar-refractivity contribution in [2.75, 3.05) is 0 Å². The highest BCUT2D eigenvalue weighted by molar-refractivity contribution is 7.98. The van der Waals surface area contributed by atoms with Crippen LogP contribution in [0.15, 0.2) is 46.9 Å². The summed E-state index contributed by atoms with van der Waals surface area (Å²) in [5, 5.41) is 10.2. The SMILES string of the molecule is Cc1cccc(Cc2nc(SCc3cccs3)n[nH]2)c1. The van der Waals surface area contributed by atoms with Crippen molar-refractivity contribution in [3.8, 4) is 0 Å². The predicted molar refractivity (Wildman–Crippen MR) is 84.2 cm³/mol. The third-order valence-electron chi connectivity index (χ3n) is 2.89. The second-order valence-electron chi connectivity index (χ2n) is 4.60. The number of aromatic amines is 1. The maximum absolute atomic E-state index is 4.54. The van der Waals surface area contributed by atoms with Gasteiger partial charge in [-0.25, -0.2) is 4.98 Å². The van der Waals surface area contributed by atoms with Gasteiger partial charge in [-0.2, -0.15) is 0 Å². The minimum atomic E-state index is 0.800. The Morgan fingerprint density at radius 3 is 3.00 bits per heavy atom. The normalized spacial score (nSPS) is 10.8. The molecule has 0 bridgehead atoms. The molecule has 3 nitrogen and oxygen atoms in total. The smallest absolute Gasteiger partial charge is 0.208 e. The van der Waals surface area contributed by atoms with Crippen LogP contribution in [0.3, 0.4) is 0 Å². The second-order valence-corrected chi connectivity index (χ2v) is 6.57. The molecule has 0 amide bonds. The van der Waals surface area contributed by atoms with Crippen LogP contribution in [0, 0.1) is 6.92 Å². The average molecular weight is 301 g/mol. The molecule has 5 heteroatoms. The number of thiophene rings is 1. The van der Waals surface area contributed by atoms with E-state index in [1.807, 2.05) is 0 Å². The Morgan fingerprint density at radius 1 is 1.25 bits per heavy atom. The van der Waals surface area contributed by atoms with E-state index in [0.29, 0.717) is 0 Å². The van der Waals surface area contributed by atoms with Crippen LogP contribution in [-0.4, -0.2) is 15.2 Å². The molecule has 102 valence electrons. The Kier molecular flexibility index (Phi) is 4.18. The first-order valence-corrected chi connectivity index (χ1v) is 8.28. The molecule has 0 aliphatic heterocycles. The number of thioether (sulfide) groups is 1. The minimum absolute atomic E-state index is 0.800. The quantitative estimate of drug-likeness (QED) is 0.723. The van der Waals surface area contributed by atoms with Gasteiger partial charge in [-0.05, 0) is 23.9 Å². The predicted octanol–water partition coefficient (Wildman–Crippen LogP) is 4.06. The molecular formula is C15H15N3S2. The highest BCUT2D eigenvalue weighted by atomic mass is 32.2. The molecule has 3 aromatic rings. The van der Waals surface area contributed by atoms with E-state index < -0.39 is 0 Å². The average Bonchev–Trinajstić information content (AvgIpc) is 3.07. The Labute approximate surface area is 126 Å². The number of hydrogen-bond donors (Lipinski definition) is 1. The summed E-state index contributed by atoms with van der Waals surface area (Å²) in [6.07, 6.45) is 0.800. The summed E-state index contributed by atoms with van der Waals surface area (Å²) in [6, 6.07) is 12.7. The van der Waals surface area contributed by atoms with Crippen LogP contribution in [0.5, 0.6) is 0 Å². The topological polar surface area (TPSA) is 41.6 Å². The van der Waals surface area contributed by atoms with Crippen LogP contribution in [0.2, 0.25) is 0 Å². The highest BCUT2D eigenvalue weighted by Gasteiger charge is 2.06. The Hall–Kier alpha value is -1.59. The van der Waals surface area contributed by atoms with Gasteiger partial charge in [0.15, 0.2) is 0 Å². The van der Waals surface area contributed by atoms with Gasteiger partial charge in [0.2, 0.25) is 5.16 Å². The fourth-order valence-electron chi connectivity index (χ4n) is 1.97. The van der Waals surface area contributed by atoms with Crippen molar-refractivity contribution in [3.63, 3.8) is 0 Å². The third-order valence-corrected chi connectivity index (χ3v) is 4.84. The third kappa shape index (κ3) is 3.49. The Balaban J connectivity index is 1.62. The van der Waals surface area contributed by atoms with E-state index in [1.54, 1.807) is 23.1 Å². The van der Waals surface area contributed by atoms with Crippen molar-refractivity contribution in [1.82, 2.24) is 15.2 Å². The number of aromatic nitrogens is 3. The van der Waals surface area contributed by atoms with Crippen molar-refractivity contribution in [3.05, 3.63) is 63.6 Å². The fourth-order valence-corrected chi connectivity index (χ4v) is 3.56. The van der Waals surface area contributed by atoms with E-state index in [1.165, 1.54) is 16.0 Å². The number of benzene rings is 1. The Morgan fingerprint density at radius 2 is 2.20 bits per heavy atom. The zero-order chi connectivity index (χ0) is 13.8. The summed E-state index contributed by atoms with van der Waals surface area (Å²) in [4.78, 5) is 5.88. The monoisotopic (exact) mass is 301 g/mol. The Bertz CT molecular complexity index is 674. The molecule has 2 aromatic heterocycles. The molecule has 0 aliphatic rings. The van der Waals surface area contributed by atoms with E-state index in [-0.39, 0.29) is 0 Å². The molecular weight excluding hydrogens is 286 g/mol. The van der Waals surface area contributed by atoms with Crippen molar-refractivity contribution in [2.45, 2.75) is 24.3 Å². The van der Waals surface area contributed by atoms with E-state index in [2.05, 4.69) is 63.9 Å². The van der Waals surface area contributed by atoms with E-state index in [0.717, 1.165) is 23.2 Å². The first-order valence-electron chi connectivity index (χ1n) is 6.41. The molecule has 0 radical (unpaired) electrons. The molecule has 0 saturated heterocycles.